The molecule has 32 heavy (non-hydrogen) atoms. The largest absolute Gasteiger partial charge is 0.386 e. The average Bonchev–Trinajstić information content (AvgIpc) is 3.13. The molecule has 1 unspecified atom stereocenters. The number of carbonyl (C=O) groups excluding carboxylic acids is 1. The third-order valence-corrected chi connectivity index (χ3v) is 10.7. The zero-order chi connectivity index (χ0) is 23.5. The van der Waals surface area contributed by atoms with E-state index in [0.29, 0.717) is 23.7 Å². The fourth-order valence-electron chi connectivity index (χ4n) is 4.38. The van der Waals surface area contributed by atoms with Crippen LogP contribution >= 0.6 is 33.7 Å². The summed E-state index contributed by atoms with van der Waals surface area (Å²) in [5.74, 6) is -0.806. The monoisotopic (exact) mass is 499 g/mol. The predicted octanol–water partition coefficient (Wildman–Crippen LogP) is 4.70. The van der Waals surface area contributed by atoms with Gasteiger partial charge in [-0.05, 0) is 51.5 Å². The van der Waals surface area contributed by atoms with Gasteiger partial charge in [0.05, 0.1) is 20.0 Å². The van der Waals surface area contributed by atoms with Crippen LogP contribution in [0.1, 0.15) is 43.2 Å². The van der Waals surface area contributed by atoms with E-state index in [1.807, 2.05) is 13.8 Å². The standard InChI is InChI=1S/C21H24Cl2FN5O2S/c1-20(2)19(25)29-21(3,16-6-7-27-32(16,20)31)13-9-12(4-5-15(13)24)28-18(30)17-14(23)8-11(22)10-26-17/h4-5,8-10,16,27,31H,6-7H2,1-3H3,(H2,25,29)(H,28,30)/t16-,21+/m0/s1. The minimum atomic E-state index is -2.43. The van der Waals surface area contributed by atoms with Crippen molar-refractivity contribution >= 4 is 51.1 Å². The number of aromatic nitrogens is 1. The maximum atomic E-state index is 15.1. The molecule has 0 radical (unpaired) electrons. The Hall–Kier alpha value is -1.91. The molecule has 0 aliphatic carbocycles. The fraction of sp³-hybridized carbons (Fsp3) is 0.381. The maximum Gasteiger partial charge on any atom is 0.275 e. The predicted molar refractivity (Wildman–Crippen MR) is 128 cm³/mol. The molecule has 4 rings (SSSR count). The summed E-state index contributed by atoms with van der Waals surface area (Å²) in [6.45, 7) is 6.05. The molecule has 2 aromatic rings. The lowest BCUT2D eigenvalue weighted by molar-refractivity contribution is 0.102. The molecule has 5 N–H and O–H groups in total. The van der Waals surface area contributed by atoms with Gasteiger partial charge in [-0.25, -0.2) is 9.37 Å². The van der Waals surface area contributed by atoms with E-state index < -0.39 is 32.5 Å². The molecular formula is C21H24Cl2FN5O2S. The number of benzene rings is 1. The Morgan fingerprint density at radius 1 is 1.34 bits per heavy atom. The molecule has 1 aromatic carbocycles. The summed E-state index contributed by atoms with van der Waals surface area (Å²) in [7, 11) is -2.43. The number of amides is 1. The number of carbonyl (C=O) groups is 1. The van der Waals surface area contributed by atoms with E-state index in [1.165, 1.54) is 30.5 Å². The number of nitrogens with two attached hydrogens (primary N) is 1. The highest BCUT2D eigenvalue weighted by molar-refractivity contribution is 8.29. The van der Waals surface area contributed by atoms with Crippen LogP contribution in [0.15, 0.2) is 35.5 Å². The molecule has 172 valence electrons. The lowest BCUT2D eigenvalue weighted by atomic mass is 9.85. The van der Waals surface area contributed by atoms with Gasteiger partial charge in [-0.1, -0.05) is 33.7 Å². The van der Waals surface area contributed by atoms with Crippen LogP contribution < -0.4 is 15.8 Å². The molecule has 0 saturated carbocycles. The highest BCUT2D eigenvalue weighted by atomic mass is 35.5. The first-order chi connectivity index (χ1) is 14.9. The lowest BCUT2D eigenvalue weighted by Crippen LogP contribution is -2.57. The molecule has 11 heteroatoms. The molecule has 0 bridgehead atoms. The normalized spacial score (nSPS) is 30.7. The molecular weight excluding hydrogens is 476 g/mol. The number of halogens is 3. The quantitative estimate of drug-likeness (QED) is 0.488. The van der Waals surface area contributed by atoms with Crippen LogP contribution in [-0.4, -0.2) is 37.8 Å². The van der Waals surface area contributed by atoms with Gasteiger partial charge in [0.2, 0.25) is 0 Å². The van der Waals surface area contributed by atoms with Gasteiger partial charge in [-0.2, -0.15) is 0 Å². The van der Waals surface area contributed by atoms with E-state index in [4.69, 9.17) is 33.9 Å². The van der Waals surface area contributed by atoms with Gasteiger partial charge >= 0.3 is 0 Å². The Morgan fingerprint density at radius 3 is 2.75 bits per heavy atom. The van der Waals surface area contributed by atoms with Crippen molar-refractivity contribution in [2.24, 2.45) is 10.7 Å². The van der Waals surface area contributed by atoms with Gasteiger partial charge in [-0.15, -0.1) is 0 Å². The SMILES string of the molecule is CC1(C)C(N)=N[C@](C)(c2cc(NC(=O)c3ncc(Cl)cc3Cl)ccc2F)[C@@H]2CCNS21O. The van der Waals surface area contributed by atoms with Crippen LogP contribution in [0.3, 0.4) is 0 Å². The summed E-state index contributed by atoms with van der Waals surface area (Å²) in [6, 6.07) is 5.63. The first kappa shape index (κ1) is 23.3. The van der Waals surface area contributed by atoms with E-state index in [0.717, 1.165) is 0 Å². The summed E-state index contributed by atoms with van der Waals surface area (Å²) < 4.78 is 29.2. The molecule has 7 nitrogen and oxygen atoms in total. The Labute approximate surface area is 197 Å². The second-order valence-corrected chi connectivity index (χ2v) is 12.6. The molecule has 2 aliphatic rings. The van der Waals surface area contributed by atoms with Gasteiger partial charge < -0.3 is 15.6 Å². The highest BCUT2D eigenvalue weighted by Gasteiger charge is 2.60. The summed E-state index contributed by atoms with van der Waals surface area (Å²) >= 11 is 11.9. The highest BCUT2D eigenvalue weighted by Crippen LogP contribution is 2.67. The zero-order valence-electron chi connectivity index (χ0n) is 17.7. The van der Waals surface area contributed by atoms with Crippen LogP contribution in [0, 0.1) is 5.82 Å². The van der Waals surface area contributed by atoms with Crippen molar-refractivity contribution in [1.82, 2.24) is 9.71 Å². The summed E-state index contributed by atoms with van der Waals surface area (Å²) in [5.41, 5.74) is 5.74. The number of nitrogens with zero attached hydrogens (tertiary/aromatic N) is 2. The van der Waals surface area contributed by atoms with Gasteiger partial charge in [-0.3, -0.25) is 14.5 Å². The van der Waals surface area contributed by atoms with Crippen molar-refractivity contribution in [3.05, 3.63) is 57.6 Å². The second kappa shape index (κ2) is 7.85. The van der Waals surface area contributed by atoms with E-state index in [1.54, 1.807) is 6.92 Å². The van der Waals surface area contributed by atoms with E-state index >= 15 is 4.39 Å². The molecule has 0 spiro atoms. The molecule has 2 aliphatic heterocycles. The van der Waals surface area contributed by atoms with Crippen molar-refractivity contribution in [2.45, 2.75) is 42.7 Å². The number of rotatable bonds is 3. The maximum absolute atomic E-state index is 15.1. The first-order valence-corrected chi connectivity index (χ1v) is 12.4. The Morgan fingerprint density at radius 2 is 2.06 bits per heavy atom. The number of nitrogens with one attached hydrogen (secondary N) is 2. The molecule has 1 aromatic heterocycles. The first-order valence-electron chi connectivity index (χ1n) is 9.97. The van der Waals surface area contributed by atoms with Crippen LogP contribution in [0.25, 0.3) is 0 Å². The molecule has 1 amide bonds. The topological polar surface area (TPSA) is 113 Å². The summed E-state index contributed by atoms with van der Waals surface area (Å²) in [4.78, 5) is 21.4. The van der Waals surface area contributed by atoms with Gasteiger partial charge in [0.1, 0.15) is 22.9 Å². The number of hydrogen-bond donors (Lipinski definition) is 4. The van der Waals surface area contributed by atoms with Crippen molar-refractivity contribution in [2.75, 3.05) is 11.9 Å². The number of aliphatic imine (C=N–C) groups is 1. The van der Waals surface area contributed by atoms with Gasteiger partial charge in [0.15, 0.2) is 0 Å². The van der Waals surface area contributed by atoms with Crippen LogP contribution in [0.2, 0.25) is 10.0 Å². The zero-order valence-corrected chi connectivity index (χ0v) is 20.1. The minimum absolute atomic E-state index is 0.00588. The Kier molecular flexibility index (Phi) is 5.70. The van der Waals surface area contributed by atoms with Crippen LogP contribution in [0.5, 0.6) is 0 Å². The fourth-order valence-corrected chi connectivity index (χ4v) is 8.21. The summed E-state index contributed by atoms with van der Waals surface area (Å²) in [5, 5.41) is 2.74. The number of amidine groups is 1. The number of fused-ring (bicyclic) bond motifs is 1. The van der Waals surface area contributed by atoms with Crippen molar-refractivity contribution in [3.8, 4) is 0 Å². The molecule has 1 fully saturated rings. The molecule has 1 saturated heterocycles. The lowest BCUT2D eigenvalue weighted by Gasteiger charge is -2.56. The minimum Gasteiger partial charge on any atom is -0.386 e. The van der Waals surface area contributed by atoms with Crippen molar-refractivity contribution in [1.29, 1.82) is 0 Å². The van der Waals surface area contributed by atoms with Crippen molar-refractivity contribution < 1.29 is 13.7 Å². The average molecular weight is 500 g/mol. The second-order valence-electron chi connectivity index (χ2n) is 8.58. The van der Waals surface area contributed by atoms with E-state index in [2.05, 4.69) is 15.0 Å². The number of pyridine rings is 1. The van der Waals surface area contributed by atoms with Crippen molar-refractivity contribution in [3.63, 3.8) is 0 Å². The van der Waals surface area contributed by atoms with Gasteiger partial charge in [0, 0.05) is 24.0 Å². The van der Waals surface area contributed by atoms with E-state index in [9.17, 15) is 9.35 Å². The molecule has 3 atom stereocenters. The Bertz CT molecular complexity index is 1150. The smallest absolute Gasteiger partial charge is 0.275 e. The Balaban J connectivity index is 1.74. The number of anilines is 1. The third-order valence-electron chi connectivity index (χ3n) is 6.31. The number of hydrogen-bond acceptors (Lipinski definition) is 6. The van der Waals surface area contributed by atoms with Crippen LogP contribution in [-0.2, 0) is 5.54 Å². The van der Waals surface area contributed by atoms with Gasteiger partial charge in [0.25, 0.3) is 5.91 Å². The van der Waals surface area contributed by atoms with E-state index in [-0.39, 0.29) is 27.4 Å². The molecule has 3 heterocycles. The summed E-state index contributed by atoms with van der Waals surface area (Å²) in [6.07, 6.45) is 1.93. The van der Waals surface area contributed by atoms with Crippen LogP contribution in [0.4, 0.5) is 10.1 Å². The third kappa shape index (κ3) is 3.47.